The summed E-state index contributed by atoms with van der Waals surface area (Å²) in [5, 5.41) is 21.4. The largest absolute Gasteiger partial charge is 0.481 e. The average Bonchev–Trinajstić information content (AvgIpc) is 3.27. The lowest BCUT2D eigenvalue weighted by atomic mass is 9.82. The Balaban J connectivity index is 1.69. The Morgan fingerprint density at radius 1 is 1.40 bits per heavy atom. The third-order valence-corrected chi connectivity index (χ3v) is 10.1. The summed E-state index contributed by atoms with van der Waals surface area (Å²) in [5.41, 5.74) is -1.26. The highest BCUT2D eigenvalue weighted by atomic mass is 79.9. The number of aliphatic carboxylic acids is 1. The summed E-state index contributed by atoms with van der Waals surface area (Å²) < 4.78 is 3.34. The number of nitrogens with zero attached hydrogens (tertiary/aromatic N) is 7. The van der Waals surface area contributed by atoms with E-state index in [9.17, 15) is 24.3 Å². The molecule has 2 amide bonds. The van der Waals surface area contributed by atoms with Crippen LogP contribution in [0.3, 0.4) is 0 Å². The third kappa shape index (κ3) is 4.01. The summed E-state index contributed by atoms with van der Waals surface area (Å²) in [6.07, 6.45) is 1.59. The van der Waals surface area contributed by atoms with Crippen molar-refractivity contribution in [3.05, 3.63) is 36.9 Å². The van der Waals surface area contributed by atoms with Crippen LogP contribution < -0.4 is 10.4 Å². The lowest BCUT2D eigenvalue weighted by Crippen LogP contribution is -2.76. The molecule has 2 aliphatic heterocycles. The van der Waals surface area contributed by atoms with Gasteiger partial charge in [-0.05, 0) is 49.2 Å². The second-order valence-electron chi connectivity index (χ2n) is 8.28. The molecular formula is C19H21Br2N7O5S2. The Bertz CT molecular complexity index is 1290. The highest BCUT2D eigenvalue weighted by Crippen LogP contribution is 2.50. The molecule has 4 heterocycles. The SMILES string of the molecule is CCC(=O)N(C1C(=O)N2CC(C(=O)O)(C(S)c3nnnn3C)CS[C@H]12)n1cc(Br)c(=O)c(Br)c1C. The minimum atomic E-state index is -1.44. The number of carbonyl (C=O) groups is 3. The lowest BCUT2D eigenvalue weighted by molar-refractivity contribution is -0.158. The number of hydrogen-bond acceptors (Lipinski definition) is 9. The fraction of sp³-hybridized carbons (Fsp3) is 0.526. The second kappa shape index (κ2) is 9.52. The minimum Gasteiger partial charge on any atom is -0.481 e. The molecule has 0 bridgehead atoms. The van der Waals surface area contributed by atoms with Gasteiger partial charge in [-0.15, -0.1) is 16.9 Å². The molecule has 4 rings (SSSR count). The number of amides is 2. The molecule has 0 spiro atoms. The van der Waals surface area contributed by atoms with E-state index < -0.39 is 34.0 Å². The van der Waals surface area contributed by atoms with Crippen molar-refractivity contribution in [3.8, 4) is 0 Å². The Morgan fingerprint density at radius 2 is 2.09 bits per heavy atom. The van der Waals surface area contributed by atoms with E-state index in [1.807, 2.05) is 0 Å². The number of fused-ring (bicyclic) bond motifs is 1. The monoisotopic (exact) mass is 649 g/mol. The first-order valence-corrected chi connectivity index (χ1v) is 13.6. The Hall–Kier alpha value is -1.91. The van der Waals surface area contributed by atoms with Gasteiger partial charge in [-0.3, -0.25) is 23.9 Å². The number of thioether (sulfide) groups is 1. The summed E-state index contributed by atoms with van der Waals surface area (Å²) in [4.78, 5) is 52.7. The normalized spacial score (nSPS) is 24.5. The molecule has 188 valence electrons. The molecule has 0 saturated carbocycles. The summed E-state index contributed by atoms with van der Waals surface area (Å²) in [6, 6.07) is -0.867. The Morgan fingerprint density at radius 3 is 2.66 bits per heavy atom. The summed E-state index contributed by atoms with van der Waals surface area (Å²) in [5.74, 6) is -1.43. The summed E-state index contributed by atoms with van der Waals surface area (Å²) in [7, 11) is 1.59. The van der Waals surface area contributed by atoms with Gasteiger partial charge < -0.3 is 10.0 Å². The molecular weight excluding hydrogens is 630 g/mol. The van der Waals surface area contributed by atoms with Gasteiger partial charge in [0.25, 0.3) is 5.91 Å². The molecule has 1 N–H and O–H groups in total. The first-order chi connectivity index (χ1) is 16.5. The molecule has 2 fully saturated rings. The van der Waals surface area contributed by atoms with Gasteiger partial charge in [-0.2, -0.15) is 12.6 Å². The predicted molar refractivity (Wildman–Crippen MR) is 137 cm³/mol. The van der Waals surface area contributed by atoms with Crippen molar-refractivity contribution in [2.75, 3.05) is 17.3 Å². The van der Waals surface area contributed by atoms with Crippen LogP contribution in [0.5, 0.6) is 0 Å². The molecule has 35 heavy (non-hydrogen) atoms. The van der Waals surface area contributed by atoms with Gasteiger partial charge in [-0.1, -0.05) is 6.92 Å². The molecule has 16 heteroatoms. The zero-order valence-corrected chi connectivity index (χ0v) is 23.6. The van der Waals surface area contributed by atoms with Crippen molar-refractivity contribution < 1.29 is 19.5 Å². The molecule has 4 atom stereocenters. The standard InChI is InChI=1S/C19H21Br2N7O5S2/c1-4-10(29)28(27-5-9(20)13(30)11(21)8(27)2)12-16(31)26-6-19(18(32)33,7-35-17(12)26)14(34)15-22-23-24-25(15)3/h5,12,14,17,34H,4,6-7H2,1-3H3,(H,32,33)/t12?,14?,17-,19?/m1/s1. The molecule has 2 aromatic heterocycles. The number of carbonyl (C=O) groups excluding carboxylic acids is 2. The van der Waals surface area contributed by atoms with E-state index >= 15 is 0 Å². The lowest BCUT2D eigenvalue weighted by Gasteiger charge is -2.57. The Labute approximate surface area is 226 Å². The van der Waals surface area contributed by atoms with Gasteiger partial charge in [0.1, 0.15) is 10.8 Å². The van der Waals surface area contributed by atoms with Crippen molar-refractivity contribution in [3.63, 3.8) is 0 Å². The number of carboxylic acids is 1. The smallest absolute Gasteiger partial charge is 0.313 e. The number of aromatic nitrogens is 5. The molecule has 0 aromatic carbocycles. The number of pyridine rings is 1. The molecule has 0 aliphatic carbocycles. The maximum Gasteiger partial charge on any atom is 0.313 e. The van der Waals surface area contributed by atoms with Crippen LogP contribution in [0.25, 0.3) is 0 Å². The van der Waals surface area contributed by atoms with Gasteiger partial charge in [0.2, 0.25) is 11.3 Å². The highest BCUT2D eigenvalue weighted by molar-refractivity contribution is 9.11. The van der Waals surface area contributed by atoms with E-state index in [1.165, 1.54) is 37.2 Å². The zero-order valence-electron chi connectivity index (χ0n) is 18.8. The Kier molecular flexibility index (Phi) is 7.11. The fourth-order valence-electron chi connectivity index (χ4n) is 4.22. The molecule has 2 saturated heterocycles. The molecule has 3 unspecified atom stereocenters. The van der Waals surface area contributed by atoms with Crippen molar-refractivity contribution in [1.82, 2.24) is 29.8 Å². The molecule has 2 aromatic rings. The number of tetrazole rings is 1. The average molecular weight is 651 g/mol. The van der Waals surface area contributed by atoms with E-state index in [-0.39, 0.29) is 44.8 Å². The maximum absolute atomic E-state index is 13.4. The first-order valence-electron chi connectivity index (χ1n) is 10.4. The van der Waals surface area contributed by atoms with Crippen LogP contribution in [0, 0.1) is 12.3 Å². The van der Waals surface area contributed by atoms with E-state index in [4.69, 9.17) is 0 Å². The number of carboxylic acid groups (broad SMARTS) is 1. The van der Waals surface area contributed by atoms with E-state index in [1.54, 1.807) is 20.9 Å². The van der Waals surface area contributed by atoms with Crippen LogP contribution >= 0.6 is 56.3 Å². The third-order valence-electron chi connectivity index (χ3n) is 6.29. The minimum absolute atomic E-state index is 0.110. The molecule has 0 radical (unpaired) electrons. The predicted octanol–water partition coefficient (Wildman–Crippen LogP) is 1.11. The van der Waals surface area contributed by atoms with Gasteiger partial charge >= 0.3 is 5.97 Å². The molecule has 2 aliphatic rings. The van der Waals surface area contributed by atoms with Gasteiger partial charge in [0.15, 0.2) is 11.9 Å². The number of thiol groups is 1. The van der Waals surface area contributed by atoms with Crippen LogP contribution in [0.2, 0.25) is 0 Å². The van der Waals surface area contributed by atoms with Crippen molar-refractivity contribution in [1.29, 1.82) is 0 Å². The zero-order chi connectivity index (χ0) is 25.8. The van der Waals surface area contributed by atoms with Gasteiger partial charge in [0.05, 0.1) is 19.9 Å². The van der Waals surface area contributed by atoms with E-state index in [0.717, 1.165) is 0 Å². The van der Waals surface area contributed by atoms with Crippen LogP contribution in [0.15, 0.2) is 19.9 Å². The van der Waals surface area contributed by atoms with Gasteiger partial charge in [-0.25, -0.2) is 9.69 Å². The first kappa shape index (κ1) is 26.2. The van der Waals surface area contributed by atoms with Crippen molar-refractivity contribution >= 4 is 74.0 Å². The van der Waals surface area contributed by atoms with Crippen LogP contribution in [0.1, 0.15) is 30.1 Å². The second-order valence-corrected chi connectivity index (χ2v) is 11.5. The summed E-state index contributed by atoms with van der Waals surface area (Å²) >= 11 is 12.3. The summed E-state index contributed by atoms with van der Waals surface area (Å²) in [6.45, 7) is 3.24. The number of rotatable bonds is 6. The van der Waals surface area contributed by atoms with Crippen molar-refractivity contribution in [2.45, 2.75) is 36.9 Å². The van der Waals surface area contributed by atoms with Crippen LogP contribution in [-0.2, 0) is 21.4 Å². The molecule has 12 nitrogen and oxygen atoms in total. The number of aryl methyl sites for hydroxylation is 1. The quantitative estimate of drug-likeness (QED) is 0.347. The topological polar surface area (TPSA) is 144 Å². The van der Waals surface area contributed by atoms with E-state index in [0.29, 0.717) is 5.69 Å². The number of halogens is 2. The maximum atomic E-state index is 13.4. The highest BCUT2D eigenvalue weighted by Gasteiger charge is 2.62. The number of hydrogen-bond donors (Lipinski definition) is 2. The van der Waals surface area contributed by atoms with E-state index in [2.05, 4.69) is 60.0 Å². The van der Waals surface area contributed by atoms with Crippen LogP contribution in [-0.4, -0.2) is 76.4 Å². The van der Waals surface area contributed by atoms with Gasteiger partial charge in [0, 0.05) is 32.0 Å². The number of β-lactam (4-membered cyclic amide) rings is 1. The van der Waals surface area contributed by atoms with Crippen molar-refractivity contribution in [2.24, 2.45) is 12.5 Å². The fourth-order valence-corrected chi connectivity index (χ4v) is 7.52. The van der Waals surface area contributed by atoms with Crippen LogP contribution in [0.4, 0.5) is 0 Å².